The molecule has 3 heteroatoms. The van der Waals surface area contributed by atoms with E-state index in [0.29, 0.717) is 11.8 Å². The van der Waals surface area contributed by atoms with E-state index in [2.05, 4.69) is 33.0 Å². The van der Waals surface area contributed by atoms with Crippen LogP contribution in [-0.2, 0) is 4.79 Å². The van der Waals surface area contributed by atoms with Gasteiger partial charge in [-0.1, -0.05) is 72.1 Å². The van der Waals surface area contributed by atoms with Crippen molar-refractivity contribution < 1.29 is 4.79 Å². The van der Waals surface area contributed by atoms with Gasteiger partial charge < -0.3 is 4.90 Å². The fourth-order valence-corrected chi connectivity index (χ4v) is 3.15. The van der Waals surface area contributed by atoms with Crippen LogP contribution in [0.3, 0.4) is 0 Å². The van der Waals surface area contributed by atoms with E-state index >= 15 is 0 Å². The fraction of sp³-hybridized carbons (Fsp3) is 0.944. The molecule has 3 unspecified atom stereocenters. The Balaban J connectivity index is 2.16. The minimum atomic E-state index is 0.0408. The molecular formula is C18H36N2O. The van der Waals surface area contributed by atoms with Crippen molar-refractivity contribution in [3.05, 3.63) is 0 Å². The summed E-state index contributed by atoms with van der Waals surface area (Å²) in [7, 11) is 0. The Hall–Kier alpha value is -0.570. The third kappa shape index (κ3) is 5.98. The lowest BCUT2D eigenvalue weighted by molar-refractivity contribution is -0.130. The quantitative estimate of drug-likeness (QED) is 0.576. The van der Waals surface area contributed by atoms with Gasteiger partial charge in [0, 0.05) is 6.54 Å². The van der Waals surface area contributed by atoms with Crippen LogP contribution in [0, 0.1) is 5.92 Å². The van der Waals surface area contributed by atoms with Crippen LogP contribution in [0.1, 0.15) is 85.5 Å². The molecule has 0 aliphatic carbocycles. The highest BCUT2D eigenvalue weighted by Crippen LogP contribution is 2.20. The van der Waals surface area contributed by atoms with Crippen molar-refractivity contribution in [1.82, 2.24) is 10.2 Å². The number of carbonyl (C=O) groups excluding carboxylic acids is 1. The average molecular weight is 296 g/mol. The van der Waals surface area contributed by atoms with Gasteiger partial charge in [-0.2, -0.15) is 0 Å². The van der Waals surface area contributed by atoms with Gasteiger partial charge in [-0.05, 0) is 19.3 Å². The first-order valence-corrected chi connectivity index (χ1v) is 9.18. The maximum atomic E-state index is 12.4. The Labute approximate surface area is 131 Å². The SMILES string of the molecule is CCCCCCCCCCN1C(=O)C(C(C)CC)NC1C. The highest BCUT2D eigenvalue weighted by Gasteiger charge is 2.38. The number of unbranched alkanes of at least 4 members (excludes halogenated alkanes) is 7. The molecule has 124 valence electrons. The van der Waals surface area contributed by atoms with Gasteiger partial charge in [0.05, 0.1) is 12.2 Å². The standard InChI is InChI=1S/C18H36N2O/c1-5-7-8-9-10-11-12-13-14-20-16(4)19-17(18(20)21)15(3)6-2/h15-17,19H,5-14H2,1-4H3. The summed E-state index contributed by atoms with van der Waals surface area (Å²) in [6, 6.07) is 0.0408. The van der Waals surface area contributed by atoms with Gasteiger partial charge in [-0.15, -0.1) is 0 Å². The lowest BCUT2D eigenvalue weighted by atomic mass is 9.99. The number of nitrogens with zero attached hydrogens (tertiary/aromatic N) is 1. The zero-order chi connectivity index (χ0) is 15.7. The normalized spacial score (nSPS) is 23.8. The summed E-state index contributed by atoms with van der Waals surface area (Å²) in [6.07, 6.45) is 11.8. The summed E-state index contributed by atoms with van der Waals surface area (Å²) < 4.78 is 0. The van der Waals surface area contributed by atoms with Crippen LogP contribution < -0.4 is 5.32 Å². The summed E-state index contributed by atoms with van der Waals surface area (Å²) >= 11 is 0. The maximum absolute atomic E-state index is 12.4. The summed E-state index contributed by atoms with van der Waals surface area (Å²) in [5.41, 5.74) is 0. The van der Waals surface area contributed by atoms with Crippen LogP contribution in [-0.4, -0.2) is 29.6 Å². The Kier molecular flexibility index (Phi) is 8.98. The van der Waals surface area contributed by atoms with Crippen molar-refractivity contribution in [1.29, 1.82) is 0 Å². The Morgan fingerprint density at radius 3 is 2.19 bits per heavy atom. The van der Waals surface area contributed by atoms with Crippen molar-refractivity contribution in [2.24, 2.45) is 5.92 Å². The number of carbonyl (C=O) groups is 1. The number of hydrogen-bond donors (Lipinski definition) is 1. The van der Waals surface area contributed by atoms with Gasteiger partial charge in [0.25, 0.3) is 0 Å². The Morgan fingerprint density at radius 1 is 1.05 bits per heavy atom. The van der Waals surface area contributed by atoms with E-state index in [-0.39, 0.29) is 12.2 Å². The molecule has 1 saturated heterocycles. The van der Waals surface area contributed by atoms with E-state index in [1.807, 2.05) is 4.90 Å². The first-order chi connectivity index (χ1) is 10.1. The number of hydrogen-bond acceptors (Lipinski definition) is 2. The molecule has 1 amide bonds. The number of rotatable bonds is 11. The highest BCUT2D eigenvalue weighted by atomic mass is 16.2. The van der Waals surface area contributed by atoms with Crippen LogP contribution in [0.4, 0.5) is 0 Å². The first-order valence-electron chi connectivity index (χ1n) is 9.18. The van der Waals surface area contributed by atoms with Crippen molar-refractivity contribution in [3.63, 3.8) is 0 Å². The molecule has 21 heavy (non-hydrogen) atoms. The van der Waals surface area contributed by atoms with E-state index in [0.717, 1.165) is 19.4 Å². The van der Waals surface area contributed by atoms with Gasteiger partial charge in [0.2, 0.25) is 5.91 Å². The van der Waals surface area contributed by atoms with E-state index in [4.69, 9.17) is 0 Å². The molecule has 0 bridgehead atoms. The molecule has 1 N–H and O–H groups in total. The zero-order valence-electron chi connectivity index (χ0n) is 14.7. The molecule has 0 aromatic heterocycles. The molecule has 0 radical (unpaired) electrons. The molecule has 1 aliphatic heterocycles. The summed E-state index contributed by atoms with van der Waals surface area (Å²) in [6.45, 7) is 9.63. The first kappa shape index (κ1) is 18.5. The molecule has 1 aliphatic rings. The number of amides is 1. The van der Waals surface area contributed by atoms with Crippen molar-refractivity contribution in [2.75, 3.05) is 6.54 Å². The van der Waals surface area contributed by atoms with Crippen LogP contribution >= 0.6 is 0 Å². The molecule has 0 aromatic carbocycles. The fourth-order valence-electron chi connectivity index (χ4n) is 3.15. The van der Waals surface area contributed by atoms with Gasteiger partial charge in [0.1, 0.15) is 0 Å². The molecule has 1 heterocycles. The minimum absolute atomic E-state index is 0.0408. The minimum Gasteiger partial charge on any atom is -0.326 e. The molecule has 0 aromatic rings. The lowest BCUT2D eigenvalue weighted by Crippen LogP contribution is -2.35. The summed E-state index contributed by atoms with van der Waals surface area (Å²) in [5, 5.41) is 3.46. The molecule has 0 spiro atoms. The second-order valence-corrected chi connectivity index (χ2v) is 6.71. The third-order valence-electron chi connectivity index (χ3n) is 4.90. The summed E-state index contributed by atoms with van der Waals surface area (Å²) in [4.78, 5) is 14.5. The Morgan fingerprint density at radius 2 is 1.62 bits per heavy atom. The van der Waals surface area contributed by atoms with Crippen LogP contribution in [0.25, 0.3) is 0 Å². The summed E-state index contributed by atoms with van der Waals surface area (Å²) in [5.74, 6) is 0.753. The topological polar surface area (TPSA) is 32.3 Å². The smallest absolute Gasteiger partial charge is 0.241 e. The Bertz CT molecular complexity index is 293. The second kappa shape index (κ2) is 10.2. The van der Waals surface area contributed by atoms with E-state index in [1.165, 1.54) is 44.9 Å². The van der Waals surface area contributed by atoms with Crippen molar-refractivity contribution >= 4 is 5.91 Å². The van der Waals surface area contributed by atoms with Gasteiger partial charge >= 0.3 is 0 Å². The van der Waals surface area contributed by atoms with E-state index in [1.54, 1.807) is 0 Å². The second-order valence-electron chi connectivity index (χ2n) is 6.71. The van der Waals surface area contributed by atoms with Crippen LogP contribution in [0.5, 0.6) is 0 Å². The molecule has 1 rings (SSSR count). The number of nitrogens with one attached hydrogen (secondary N) is 1. The van der Waals surface area contributed by atoms with Crippen LogP contribution in [0.15, 0.2) is 0 Å². The van der Waals surface area contributed by atoms with Crippen LogP contribution in [0.2, 0.25) is 0 Å². The van der Waals surface area contributed by atoms with E-state index < -0.39 is 0 Å². The van der Waals surface area contributed by atoms with Gasteiger partial charge in [-0.3, -0.25) is 10.1 Å². The maximum Gasteiger partial charge on any atom is 0.241 e. The molecule has 0 saturated carbocycles. The lowest BCUT2D eigenvalue weighted by Gasteiger charge is -2.20. The highest BCUT2D eigenvalue weighted by molar-refractivity contribution is 5.84. The largest absolute Gasteiger partial charge is 0.326 e. The predicted molar refractivity (Wildman–Crippen MR) is 90.2 cm³/mol. The van der Waals surface area contributed by atoms with Crippen molar-refractivity contribution in [3.8, 4) is 0 Å². The van der Waals surface area contributed by atoms with E-state index in [9.17, 15) is 4.79 Å². The predicted octanol–water partition coefficient (Wildman–Crippen LogP) is 4.32. The molecular weight excluding hydrogens is 260 g/mol. The van der Waals surface area contributed by atoms with Gasteiger partial charge in [-0.25, -0.2) is 0 Å². The monoisotopic (exact) mass is 296 g/mol. The van der Waals surface area contributed by atoms with Crippen molar-refractivity contribution in [2.45, 2.75) is 97.7 Å². The van der Waals surface area contributed by atoms with Gasteiger partial charge in [0.15, 0.2) is 0 Å². The zero-order valence-corrected chi connectivity index (χ0v) is 14.7. The molecule has 3 nitrogen and oxygen atoms in total. The molecule has 3 atom stereocenters. The average Bonchev–Trinajstić information content (AvgIpc) is 2.76. The third-order valence-corrected chi connectivity index (χ3v) is 4.90. The molecule has 1 fully saturated rings.